The zero-order chi connectivity index (χ0) is 36.2. The molecule has 0 aliphatic rings. The van der Waals surface area contributed by atoms with Crippen molar-refractivity contribution in [3.63, 3.8) is 0 Å². The number of methoxy groups -OCH3 is 2. The standard InChI is InChI=1S/C46H76O4/c1-38(2)26-21-17-15-16-19-23-30-43-44(49-6)36-41(29-25-27-39(3)4)37-45(43)50-46(47)31-24-20-14-12-10-8-7-9-11-13-18-22-28-40-32-34-42(48-5)35-33-40/h32-39H,7-31H2,1-6H3. The molecular formula is C46H76O4. The second-order valence-corrected chi connectivity index (χ2v) is 15.7. The number of carbonyl (C=O) groups excluding carboxylic acids is 1. The first kappa shape index (κ1) is 43.7. The maximum Gasteiger partial charge on any atom is 0.311 e. The summed E-state index contributed by atoms with van der Waals surface area (Å²) in [6.45, 7) is 9.17. The number of benzene rings is 2. The van der Waals surface area contributed by atoms with E-state index in [0.717, 1.165) is 67.3 Å². The Hall–Kier alpha value is -2.49. The van der Waals surface area contributed by atoms with Gasteiger partial charge in [0, 0.05) is 12.0 Å². The fourth-order valence-corrected chi connectivity index (χ4v) is 6.95. The number of hydrogen-bond donors (Lipinski definition) is 0. The van der Waals surface area contributed by atoms with Gasteiger partial charge in [0.15, 0.2) is 0 Å². The van der Waals surface area contributed by atoms with Crippen LogP contribution in [0.25, 0.3) is 0 Å². The molecule has 0 N–H and O–H groups in total. The maximum atomic E-state index is 13.0. The van der Waals surface area contributed by atoms with Crippen LogP contribution in [0.1, 0.15) is 186 Å². The number of hydrogen-bond acceptors (Lipinski definition) is 4. The minimum Gasteiger partial charge on any atom is -0.497 e. The Bertz CT molecular complexity index is 1120. The molecule has 0 atom stereocenters. The molecule has 0 aliphatic heterocycles. The summed E-state index contributed by atoms with van der Waals surface area (Å²) in [4.78, 5) is 13.0. The van der Waals surface area contributed by atoms with Crippen molar-refractivity contribution in [2.45, 2.75) is 188 Å². The molecule has 50 heavy (non-hydrogen) atoms. The Morgan fingerprint density at radius 1 is 0.500 bits per heavy atom. The highest BCUT2D eigenvalue weighted by Crippen LogP contribution is 2.34. The lowest BCUT2D eigenvalue weighted by molar-refractivity contribution is -0.134. The normalized spacial score (nSPS) is 11.4. The molecule has 0 fully saturated rings. The van der Waals surface area contributed by atoms with Gasteiger partial charge >= 0.3 is 5.97 Å². The molecule has 0 saturated heterocycles. The van der Waals surface area contributed by atoms with Gasteiger partial charge in [0.2, 0.25) is 0 Å². The van der Waals surface area contributed by atoms with Crippen LogP contribution in [0.5, 0.6) is 17.2 Å². The van der Waals surface area contributed by atoms with Gasteiger partial charge in [0.25, 0.3) is 0 Å². The molecule has 2 rings (SSSR count). The van der Waals surface area contributed by atoms with Gasteiger partial charge < -0.3 is 14.2 Å². The van der Waals surface area contributed by atoms with Gasteiger partial charge in [-0.05, 0) is 92.2 Å². The molecule has 0 aliphatic carbocycles. The van der Waals surface area contributed by atoms with Gasteiger partial charge in [-0.1, -0.05) is 149 Å². The van der Waals surface area contributed by atoms with Crippen molar-refractivity contribution in [2.75, 3.05) is 14.2 Å². The third-order valence-electron chi connectivity index (χ3n) is 10.1. The quantitative estimate of drug-likeness (QED) is 0.0448. The van der Waals surface area contributed by atoms with Gasteiger partial charge in [-0.2, -0.15) is 0 Å². The molecule has 0 unspecified atom stereocenters. The van der Waals surface area contributed by atoms with E-state index in [-0.39, 0.29) is 5.97 Å². The minimum atomic E-state index is -0.0956. The fourth-order valence-electron chi connectivity index (χ4n) is 6.95. The predicted molar refractivity (Wildman–Crippen MR) is 214 cm³/mol. The molecule has 2 aromatic rings. The average molecular weight is 693 g/mol. The number of unbranched alkanes of at least 4 members (excludes halogenated alkanes) is 16. The van der Waals surface area contributed by atoms with Crippen molar-refractivity contribution in [3.8, 4) is 17.2 Å². The summed E-state index contributed by atoms with van der Waals surface area (Å²) in [7, 11) is 3.47. The van der Waals surface area contributed by atoms with Crippen LogP contribution in [0.15, 0.2) is 36.4 Å². The topological polar surface area (TPSA) is 44.8 Å². The van der Waals surface area contributed by atoms with Crippen molar-refractivity contribution >= 4 is 5.97 Å². The first-order chi connectivity index (χ1) is 24.3. The summed E-state index contributed by atoms with van der Waals surface area (Å²) in [6.07, 6.45) is 30.0. The van der Waals surface area contributed by atoms with Crippen LogP contribution in [0.3, 0.4) is 0 Å². The molecule has 4 nitrogen and oxygen atoms in total. The summed E-state index contributed by atoms with van der Waals surface area (Å²) in [6, 6.07) is 12.8. The van der Waals surface area contributed by atoms with Crippen LogP contribution in [-0.2, 0) is 24.1 Å². The van der Waals surface area contributed by atoms with E-state index in [1.807, 2.05) is 0 Å². The third kappa shape index (κ3) is 21.0. The highest BCUT2D eigenvalue weighted by atomic mass is 16.5. The molecule has 0 amide bonds. The van der Waals surface area contributed by atoms with Crippen molar-refractivity contribution in [1.82, 2.24) is 0 Å². The largest absolute Gasteiger partial charge is 0.497 e. The van der Waals surface area contributed by atoms with E-state index >= 15 is 0 Å². The Morgan fingerprint density at radius 3 is 1.50 bits per heavy atom. The summed E-state index contributed by atoms with van der Waals surface area (Å²) < 4.78 is 17.2. The summed E-state index contributed by atoms with van der Waals surface area (Å²) >= 11 is 0. The van der Waals surface area contributed by atoms with E-state index < -0.39 is 0 Å². The van der Waals surface area contributed by atoms with Crippen LogP contribution in [0.4, 0.5) is 0 Å². The van der Waals surface area contributed by atoms with Crippen LogP contribution in [0.2, 0.25) is 0 Å². The lowest BCUT2D eigenvalue weighted by Crippen LogP contribution is -2.10. The Kier molecular flexibility index (Phi) is 24.6. The zero-order valence-corrected chi connectivity index (χ0v) is 33.4. The molecule has 0 aromatic heterocycles. The molecule has 4 heteroatoms. The van der Waals surface area contributed by atoms with Crippen molar-refractivity contribution in [2.24, 2.45) is 11.8 Å². The van der Waals surface area contributed by atoms with Crippen molar-refractivity contribution < 1.29 is 19.0 Å². The van der Waals surface area contributed by atoms with Crippen molar-refractivity contribution in [3.05, 3.63) is 53.1 Å². The monoisotopic (exact) mass is 693 g/mol. The smallest absolute Gasteiger partial charge is 0.311 e. The SMILES string of the molecule is COc1ccc(CCCCCCCCCCCCCCC(=O)Oc2cc(CCCC(C)C)cc(OC)c2CCCCCCCCC(C)C)cc1. The Morgan fingerprint density at radius 2 is 0.960 bits per heavy atom. The Balaban J connectivity index is 1.64. The highest BCUT2D eigenvalue weighted by molar-refractivity contribution is 5.73. The number of carbonyl (C=O) groups is 1. The maximum absolute atomic E-state index is 13.0. The molecule has 0 heterocycles. The van der Waals surface area contributed by atoms with E-state index in [9.17, 15) is 4.79 Å². The Labute approximate surface area is 308 Å². The molecule has 0 radical (unpaired) electrons. The second kappa shape index (κ2) is 28.1. The van der Waals surface area contributed by atoms with Gasteiger partial charge in [-0.15, -0.1) is 0 Å². The number of aryl methyl sites for hydroxylation is 2. The lowest BCUT2D eigenvalue weighted by Gasteiger charge is -2.17. The number of ether oxygens (including phenoxy) is 3. The van der Waals surface area contributed by atoms with E-state index in [1.54, 1.807) is 14.2 Å². The zero-order valence-electron chi connectivity index (χ0n) is 33.4. The molecule has 0 bridgehead atoms. The molecule has 0 spiro atoms. The van der Waals surface area contributed by atoms with Gasteiger partial charge in [-0.3, -0.25) is 4.79 Å². The van der Waals surface area contributed by atoms with Crippen LogP contribution >= 0.6 is 0 Å². The van der Waals surface area contributed by atoms with Crippen LogP contribution in [0, 0.1) is 11.8 Å². The summed E-state index contributed by atoms with van der Waals surface area (Å²) in [5, 5.41) is 0. The number of esters is 1. The first-order valence-electron chi connectivity index (χ1n) is 20.9. The first-order valence-corrected chi connectivity index (χ1v) is 20.9. The minimum absolute atomic E-state index is 0.0956. The van der Waals surface area contributed by atoms with Gasteiger partial charge in [0.05, 0.1) is 14.2 Å². The van der Waals surface area contributed by atoms with E-state index in [1.165, 1.54) is 127 Å². The third-order valence-corrected chi connectivity index (χ3v) is 10.1. The van der Waals surface area contributed by atoms with Crippen molar-refractivity contribution in [1.29, 1.82) is 0 Å². The van der Waals surface area contributed by atoms with Crippen LogP contribution < -0.4 is 14.2 Å². The highest BCUT2D eigenvalue weighted by Gasteiger charge is 2.16. The molecule has 284 valence electrons. The lowest BCUT2D eigenvalue weighted by atomic mass is 9.97. The summed E-state index contributed by atoms with van der Waals surface area (Å²) in [5.74, 6) is 3.96. The second-order valence-electron chi connectivity index (χ2n) is 15.7. The van der Waals surface area contributed by atoms with Crippen LogP contribution in [-0.4, -0.2) is 20.2 Å². The molecular weight excluding hydrogens is 617 g/mol. The molecule has 0 saturated carbocycles. The number of rotatable bonds is 31. The fraction of sp³-hybridized carbons (Fsp3) is 0.717. The van der Waals surface area contributed by atoms with E-state index in [0.29, 0.717) is 12.3 Å². The molecule has 2 aromatic carbocycles. The average Bonchev–Trinajstić information content (AvgIpc) is 3.10. The van der Waals surface area contributed by atoms with Gasteiger partial charge in [0.1, 0.15) is 17.2 Å². The summed E-state index contributed by atoms with van der Waals surface area (Å²) in [5.41, 5.74) is 3.69. The van der Waals surface area contributed by atoms with E-state index in [2.05, 4.69) is 64.1 Å². The van der Waals surface area contributed by atoms with Gasteiger partial charge in [-0.25, -0.2) is 0 Å². The van der Waals surface area contributed by atoms with E-state index in [4.69, 9.17) is 14.2 Å². The predicted octanol–water partition coefficient (Wildman–Crippen LogP) is 13.8.